The first-order chi connectivity index (χ1) is 10.2. The van der Waals surface area contributed by atoms with Gasteiger partial charge in [-0.25, -0.2) is 0 Å². The summed E-state index contributed by atoms with van der Waals surface area (Å²) in [4.78, 5) is 0. The van der Waals surface area contributed by atoms with Crippen molar-refractivity contribution in [2.45, 2.75) is 51.9 Å². The van der Waals surface area contributed by atoms with Crippen molar-refractivity contribution in [3.05, 3.63) is 47.3 Å². The predicted molar refractivity (Wildman–Crippen MR) is 81.3 cm³/mol. The third kappa shape index (κ3) is 2.95. The van der Waals surface area contributed by atoms with Crippen LogP contribution in [0.5, 0.6) is 5.75 Å². The molecule has 1 N–H and O–H groups in total. The standard InChI is InChI=1S/C17H22N2O2/c1-3-12(2)19-9-8-14(18-19)11-21-15-5-6-16-13(10-15)4-7-17(16)20/h5-6,8-10,12,17,20H,3-4,7,11H2,1-2H3/t12?,17-/m1/s1. The van der Waals surface area contributed by atoms with Crippen LogP contribution in [0.2, 0.25) is 0 Å². The molecule has 1 unspecified atom stereocenters. The number of benzene rings is 1. The smallest absolute Gasteiger partial charge is 0.132 e. The minimum Gasteiger partial charge on any atom is -0.487 e. The number of aliphatic hydroxyl groups is 1. The van der Waals surface area contributed by atoms with Gasteiger partial charge in [0, 0.05) is 12.2 Å². The maximum Gasteiger partial charge on any atom is 0.132 e. The summed E-state index contributed by atoms with van der Waals surface area (Å²) in [6.45, 7) is 4.79. The fraction of sp³-hybridized carbons (Fsp3) is 0.471. The first-order valence-corrected chi connectivity index (χ1v) is 7.65. The van der Waals surface area contributed by atoms with E-state index >= 15 is 0 Å². The van der Waals surface area contributed by atoms with Crippen LogP contribution in [0.4, 0.5) is 0 Å². The van der Waals surface area contributed by atoms with Gasteiger partial charge in [-0.2, -0.15) is 5.10 Å². The van der Waals surface area contributed by atoms with Gasteiger partial charge in [-0.1, -0.05) is 13.0 Å². The van der Waals surface area contributed by atoms with Crippen molar-refractivity contribution < 1.29 is 9.84 Å². The van der Waals surface area contributed by atoms with Crippen molar-refractivity contribution in [3.63, 3.8) is 0 Å². The van der Waals surface area contributed by atoms with E-state index in [2.05, 4.69) is 18.9 Å². The van der Waals surface area contributed by atoms with Crippen LogP contribution in [0.1, 0.15) is 55.7 Å². The van der Waals surface area contributed by atoms with E-state index in [1.807, 2.05) is 35.1 Å². The summed E-state index contributed by atoms with van der Waals surface area (Å²) in [6.07, 6.45) is 4.51. The van der Waals surface area contributed by atoms with Crippen molar-refractivity contribution in [2.75, 3.05) is 0 Å². The maximum absolute atomic E-state index is 9.80. The third-order valence-electron chi connectivity index (χ3n) is 4.25. The molecule has 1 aromatic carbocycles. The van der Waals surface area contributed by atoms with Crippen molar-refractivity contribution in [2.24, 2.45) is 0 Å². The van der Waals surface area contributed by atoms with E-state index in [9.17, 15) is 5.11 Å². The van der Waals surface area contributed by atoms with Gasteiger partial charge in [-0.3, -0.25) is 4.68 Å². The second-order valence-corrected chi connectivity index (χ2v) is 5.75. The Balaban J connectivity index is 1.64. The molecule has 21 heavy (non-hydrogen) atoms. The first-order valence-electron chi connectivity index (χ1n) is 7.65. The molecule has 112 valence electrons. The molecule has 0 aliphatic heterocycles. The molecular weight excluding hydrogens is 264 g/mol. The quantitative estimate of drug-likeness (QED) is 0.916. The summed E-state index contributed by atoms with van der Waals surface area (Å²) in [5.74, 6) is 0.848. The Labute approximate surface area is 125 Å². The van der Waals surface area contributed by atoms with Gasteiger partial charge in [-0.15, -0.1) is 0 Å². The molecule has 4 heteroatoms. The van der Waals surface area contributed by atoms with Crippen LogP contribution >= 0.6 is 0 Å². The topological polar surface area (TPSA) is 47.3 Å². The summed E-state index contributed by atoms with van der Waals surface area (Å²) < 4.78 is 7.81. The Morgan fingerprint density at radius 2 is 2.29 bits per heavy atom. The Morgan fingerprint density at radius 3 is 3.10 bits per heavy atom. The molecule has 0 radical (unpaired) electrons. The zero-order valence-corrected chi connectivity index (χ0v) is 12.6. The molecule has 4 nitrogen and oxygen atoms in total. The van der Waals surface area contributed by atoms with Gasteiger partial charge in [0.15, 0.2) is 0 Å². The fourth-order valence-corrected chi connectivity index (χ4v) is 2.71. The lowest BCUT2D eigenvalue weighted by Gasteiger charge is -2.09. The Morgan fingerprint density at radius 1 is 1.43 bits per heavy atom. The Hall–Kier alpha value is -1.81. The van der Waals surface area contributed by atoms with Crippen LogP contribution in [0.25, 0.3) is 0 Å². The second-order valence-electron chi connectivity index (χ2n) is 5.75. The maximum atomic E-state index is 9.80. The minimum atomic E-state index is -0.305. The number of aliphatic hydroxyl groups excluding tert-OH is 1. The highest BCUT2D eigenvalue weighted by molar-refractivity contribution is 5.39. The van der Waals surface area contributed by atoms with Gasteiger partial charge >= 0.3 is 0 Å². The van der Waals surface area contributed by atoms with E-state index in [4.69, 9.17) is 4.74 Å². The summed E-state index contributed by atoms with van der Waals surface area (Å²) in [5.41, 5.74) is 3.18. The first kappa shape index (κ1) is 14.1. The monoisotopic (exact) mass is 286 g/mol. The number of aryl methyl sites for hydroxylation is 1. The Kier molecular flexibility index (Phi) is 3.97. The molecule has 2 aromatic rings. The van der Waals surface area contributed by atoms with E-state index in [0.717, 1.165) is 36.3 Å². The number of nitrogens with zero attached hydrogens (tertiary/aromatic N) is 2. The van der Waals surface area contributed by atoms with Crippen molar-refractivity contribution >= 4 is 0 Å². The van der Waals surface area contributed by atoms with Crippen molar-refractivity contribution in [1.29, 1.82) is 0 Å². The highest BCUT2D eigenvalue weighted by Gasteiger charge is 2.20. The second kappa shape index (κ2) is 5.90. The zero-order chi connectivity index (χ0) is 14.8. The summed E-state index contributed by atoms with van der Waals surface area (Å²) in [7, 11) is 0. The third-order valence-corrected chi connectivity index (χ3v) is 4.25. The molecule has 0 fully saturated rings. The zero-order valence-electron chi connectivity index (χ0n) is 12.6. The molecule has 0 amide bonds. The van der Waals surface area contributed by atoms with Crippen molar-refractivity contribution in [1.82, 2.24) is 9.78 Å². The average Bonchev–Trinajstić information content (AvgIpc) is 3.12. The number of rotatable bonds is 5. The van der Waals surface area contributed by atoms with Gasteiger partial charge in [0.1, 0.15) is 12.4 Å². The molecule has 1 aliphatic carbocycles. The number of ether oxygens (including phenoxy) is 1. The molecule has 1 heterocycles. The lowest BCUT2D eigenvalue weighted by Crippen LogP contribution is -2.05. The van der Waals surface area contributed by atoms with Gasteiger partial charge in [0.05, 0.1) is 11.8 Å². The summed E-state index contributed by atoms with van der Waals surface area (Å²) in [6, 6.07) is 8.36. The number of hydrogen-bond donors (Lipinski definition) is 1. The number of hydrogen-bond acceptors (Lipinski definition) is 3. The molecule has 2 atom stereocenters. The Bertz CT molecular complexity index is 621. The van der Waals surface area contributed by atoms with Crippen LogP contribution in [-0.2, 0) is 13.0 Å². The van der Waals surface area contributed by atoms with Gasteiger partial charge in [-0.05, 0) is 55.5 Å². The molecule has 0 bridgehead atoms. The molecule has 1 aliphatic rings. The number of fused-ring (bicyclic) bond motifs is 1. The van der Waals surface area contributed by atoms with Crippen LogP contribution in [0, 0.1) is 0 Å². The largest absolute Gasteiger partial charge is 0.487 e. The van der Waals surface area contributed by atoms with Gasteiger partial charge in [0.25, 0.3) is 0 Å². The van der Waals surface area contributed by atoms with Crippen LogP contribution in [0.15, 0.2) is 30.5 Å². The average molecular weight is 286 g/mol. The van der Waals surface area contributed by atoms with E-state index in [0.29, 0.717) is 12.6 Å². The van der Waals surface area contributed by atoms with E-state index in [1.54, 1.807) is 0 Å². The molecule has 0 saturated carbocycles. The van der Waals surface area contributed by atoms with E-state index in [1.165, 1.54) is 5.56 Å². The normalized spacial score (nSPS) is 18.5. The number of aromatic nitrogens is 2. The van der Waals surface area contributed by atoms with Crippen LogP contribution in [0.3, 0.4) is 0 Å². The molecule has 0 spiro atoms. The van der Waals surface area contributed by atoms with Crippen molar-refractivity contribution in [3.8, 4) is 5.75 Å². The molecular formula is C17H22N2O2. The highest BCUT2D eigenvalue weighted by Crippen LogP contribution is 2.33. The summed E-state index contributed by atoms with van der Waals surface area (Å²) >= 11 is 0. The highest BCUT2D eigenvalue weighted by atomic mass is 16.5. The molecule has 0 saturated heterocycles. The predicted octanol–water partition coefficient (Wildman–Crippen LogP) is 3.41. The van der Waals surface area contributed by atoms with E-state index < -0.39 is 0 Å². The lowest BCUT2D eigenvalue weighted by molar-refractivity contribution is 0.180. The fourth-order valence-electron chi connectivity index (χ4n) is 2.71. The van der Waals surface area contributed by atoms with Gasteiger partial charge < -0.3 is 9.84 Å². The molecule has 3 rings (SSSR count). The summed E-state index contributed by atoms with van der Waals surface area (Å²) in [5, 5.41) is 14.3. The van der Waals surface area contributed by atoms with Crippen LogP contribution < -0.4 is 4.74 Å². The van der Waals surface area contributed by atoms with Gasteiger partial charge in [0.2, 0.25) is 0 Å². The lowest BCUT2D eigenvalue weighted by atomic mass is 10.1. The minimum absolute atomic E-state index is 0.305. The molecule has 1 aromatic heterocycles. The van der Waals surface area contributed by atoms with E-state index in [-0.39, 0.29) is 6.10 Å². The SMILES string of the molecule is CCC(C)n1ccc(COc2ccc3c(c2)CC[C@H]3O)n1. The van der Waals surface area contributed by atoms with Crippen LogP contribution in [-0.4, -0.2) is 14.9 Å².